The third kappa shape index (κ3) is 4.12. The van der Waals surface area contributed by atoms with E-state index in [1.165, 1.54) is 6.42 Å². The van der Waals surface area contributed by atoms with Crippen LogP contribution in [0, 0.1) is 17.2 Å². The van der Waals surface area contributed by atoms with E-state index < -0.39 is 0 Å². The Morgan fingerprint density at radius 2 is 2.21 bits per heavy atom. The van der Waals surface area contributed by atoms with E-state index in [1.807, 2.05) is 6.92 Å². The SMILES string of the molecule is COC(C)c1noc(CN2CCCN(C3CCC(C#N)C3)CC2)n1. The molecule has 0 N–H and O–H groups in total. The summed E-state index contributed by atoms with van der Waals surface area (Å²) >= 11 is 0. The number of hydrogen-bond acceptors (Lipinski definition) is 7. The second-order valence-electron chi connectivity index (χ2n) is 6.88. The first-order valence-electron chi connectivity index (χ1n) is 8.91. The van der Waals surface area contributed by atoms with Gasteiger partial charge < -0.3 is 9.26 Å². The Balaban J connectivity index is 1.51. The zero-order chi connectivity index (χ0) is 16.9. The van der Waals surface area contributed by atoms with Gasteiger partial charge in [-0.2, -0.15) is 10.2 Å². The lowest BCUT2D eigenvalue weighted by molar-refractivity contribution is 0.109. The van der Waals surface area contributed by atoms with Crippen molar-refractivity contribution in [2.45, 2.75) is 51.3 Å². The zero-order valence-corrected chi connectivity index (χ0v) is 14.6. The Hall–Kier alpha value is -1.49. The lowest BCUT2D eigenvalue weighted by Crippen LogP contribution is -2.37. The van der Waals surface area contributed by atoms with Gasteiger partial charge in [0, 0.05) is 32.2 Å². The van der Waals surface area contributed by atoms with Gasteiger partial charge in [0.2, 0.25) is 5.89 Å². The maximum absolute atomic E-state index is 9.09. The molecule has 2 fully saturated rings. The summed E-state index contributed by atoms with van der Waals surface area (Å²) in [5, 5.41) is 13.1. The van der Waals surface area contributed by atoms with Crippen molar-refractivity contribution in [2.24, 2.45) is 5.92 Å². The molecule has 3 unspecified atom stereocenters. The molecule has 1 saturated carbocycles. The minimum atomic E-state index is -0.141. The van der Waals surface area contributed by atoms with Crippen LogP contribution in [0.15, 0.2) is 4.52 Å². The molecule has 132 valence electrons. The van der Waals surface area contributed by atoms with E-state index >= 15 is 0 Å². The van der Waals surface area contributed by atoms with Crippen LogP contribution < -0.4 is 0 Å². The van der Waals surface area contributed by atoms with Gasteiger partial charge in [0.05, 0.1) is 12.6 Å². The summed E-state index contributed by atoms with van der Waals surface area (Å²) < 4.78 is 10.6. The maximum atomic E-state index is 9.09. The molecular formula is C17H27N5O2. The van der Waals surface area contributed by atoms with Crippen LogP contribution in [0.25, 0.3) is 0 Å². The van der Waals surface area contributed by atoms with Crippen LogP contribution >= 0.6 is 0 Å². The smallest absolute Gasteiger partial charge is 0.240 e. The van der Waals surface area contributed by atoms with Gasteiger partial charge in [-0.1, -0.05) is 5.16 Å². The predicted molar refractivity (Wildman–Crippen MR) is 87.9 cm³/mol. The van der Waals surface area contributed by atoms with Crippen molar-refractivity contribution in [3.63, 3.8) is 0 Å². The first kappa shape index (κ1) is 17.3. The van der Waals surface area contributed by atoms with Gasteiger partial charge in [-0.25, -0.2) is 0 Å². The van der Waals surface area contributed by atoms with Gasteiger partial charge in [-0.3, -0.25) is 9.80 Å². The van der Waals surface area contributed by atoms with Crippen molar-refractivity contribution in [3.05, 3.63) is 11.7 Å². The fourth-order valence-corrected chi connectivity index (χ4v) is 3.71. The molecule has 3 rings (SSSR count). The molecule has 2 heterocycles. The molecule has 7 heteroatoms. The maximum Gasteiger partial charge on any atom is 0.240 e. The molecule has 0 spiro atoms. The molecular weight excluding hydrogens is 306 g/mol. The summed E-state index contributed by atoms with van der Waals surface area (Å²) in [4.78, 5) is 9.38. The summed E-state index contributed by atoms with van der Waals surface area (Å²) in [7, 11) is 1.64. The van der Waals surface area contributed by atoms with Crippen molar-refractivity contribution >= 4 is 0 Å². The van der Waals surface area contributed by atoms with E-state index in [2.05, 4.69) is 26.0 Å². The van der Waals surface area contributed by atoms with Crippen LogP contribution in [-0.4, -0.2) is 59.3 Å². The first-order valence-corrected chi connectivity index (χ1v) is 8.91. The van der Waals surface area contributed by atoms with E-state index in [1.54, 1.807) is 7.11 Å². The van der Waals surface area contributed by atoms with Gasteiger partial charge in [-0.05, 0) is 45.7 Å². The second kappa shape index (κ2) is 8.06. The van der Waals surface area contributed by atoms with Crippen LogP contribution in [0.4, 0.5) is 0 Å². The topological polar surface area (TPSA) is 78.4 Å². The number of methoxy groups -OCH3 is 1. The first-order chi connectivity index (χ1) is 11.7. The van der Waals surface area contributed by atoms with Crippen molar-refractivity contribution in [1.29, 1.82) is 5.26 Å². The highest BCUT2D eigenvalue weighted by Crippen LogP contribution is 2.29. The van der Waals surface area contributed by atoms with Crippen molar-refractivity contribution in [1.82, 2.24) is 19.9 Å². The van der Waals surface area contributed by atoms with Gasteiger partial charge >= 0.3 is 0 Å². The van der Waals surface area contributed by atoms with Crippen molar-refractivity contribution in [3.8, 4) is 6.07 Å². The number of nitriles is 1. The summed E-state index contributed by atoms with van der Waals surface area (Å²) in [6.45, 7) is 6.83. The van der Waals surface area contributed by atoms with E-state index in [-0.39, 0.29) is 12.0 Å². The van der Waals surface area contributed by atoms with E-state index in [4.69, 9.17) is 14.5 Å². The molecule has 2 aliphatic rings. The molecule has 1 aliphatic heterocycles. The fourth-order valence-electron chi connectivity index (χ4n) is 3.71. The van der Waals surface area contributed by atoms with Crippen LogP contribution in [0.1, 0.15) is 50.4 Å². The molecule has 0 bridgehead atoms. The zero-order valence-electron chi connectivity index (χ0n) is 14.6. The van der Waals surface area contributed by atoms with E-state index in [0.29, 0.717) is 24.3 Å². The molecule has 0 radical (unpaired) electrons. The number of ether oxygens (including phenoxy) is 1. The molecule has 24 heavy (non-hydrogen) atoms. The highest BCUT2D eigenvalue weighted by atomic mass is 16.5. The summed E-state index contributed by atoms with van der Waals surface area (Å²) in [6.07, 6.45) is 4.27. The monoisotopic (exact) mass is 333 g/mol. The predicted octanol–water partition coefficient (Wildman–Crippen LogP) is 1.98. The van der Waals surface area contributed by atoms with Gasteiger partial charge in [0.25, 0.3) is 0 Å². The molecule has 3 atom stereocenters. The molecule has 7 nitrogen and oxygen atoms in total. The lowest BCUT2D eigenvalue weighted by Gasteiger charge is -2.27. The highest BCUT2D eigenvalue weighted by Gasteiger charge is 2.30. The number of aromatic nitrogens is 2. The highest BCUT2D eigenvalue weighted by molar-refractivity contribution is 4.94. The Labute approximate surface area is 143 Å². The Bertz CT molecular complexity index is 570. The molecule has 0 amide bonds. The minimum absolute atomic E-state index is 0.141. The molecule has 1 saturated heterocycles. The molecule has 0 aromatic carbocycles. The lowest BCUT2D eigenvalue weighted by atomic mass is 10.1. The van der Waals surface area contributed by atoms with Crippen LogP contribution in [0.3, 0.4) is 0 Å². The summed E-state index contributed by atoms with van der Waals surface area (Å²) in [6, 6.07) is 3.02. The van der Waals surface area contributed by atoms with Gasteiger partial charge in [-0.15, -0.1) is 0 Å². The molecule has 1 aromatic rings. The number of hydrogen-bond donors (Lipinski definition) is 0. The fraction of sp³-hybridized carbons (Fsp3) is 0.824. The number of rotatable bonds is 5. The van der Waals surface area contributed by atoms with Crippen molar-refractivity contribution in [2.75, 3.05) is 33.3 Å². The second-order valence-corrected chi connectivity index (χ2v) is 6.88. The third-order valence-corrected chi connectivity index (χ3v) is 5.29. The Morgan fingerprint density at radius 1 is 1.33 bits per heavy atom. The van der Waals surface area contributed by atoms with Crippen molar-refractivity contribution < 1.29 is 9.26 Å². The van der Waals surface area contributed by atoms with E-state index in [0.717, 1.165) is 45.4 Å². The Kier molecular flexibility index (Phi) is 5.82. The summed E-state index contributed by atoms with van der Waals surface area (Å²) in [5.41, 5.74) is 0. The van der Waals surface area contributed by atoms with Crippen LogP contribution in [0.5, 0.6) is 0 Å². The van der Waals surface area contributed by atoms with Gasteiger partial charge in [0.1, 0.15) is 6.10 Å². The quantitative estimate of drug-likeness (QED) is 0.815. The van der Waals surface area contributed by atoms with Crippen LogP contribution in [-0.2, 0) is 11.3 Å². The standard InChI is InChI=1S/C17H27N5O2/c1-13(23-2)17-19-16(24-20-17)12-21-6-3-7-22(9-8-21)15-5-4-14(10-15)11-18/h13-15H,3-10,12H2,1-2H3. The number of nitrogens with zero attached hydrogens (tertiary/aromatic N) is 5. The summed E-state index contributed by atoms with van der Waals surface area (Å²) in [5.74, 6) is 1.53. The van der Waals surface area contributed by atoms with E-state index in [9.17, 15) is 0 Å². The normalized spacial score (nSPS) is 27.7. The Morgan fingerprint density at radius 3 is 2.96 bits per heavy atom. The largest absolute Gasteiger partial charge is 0.374 e. The molecule has 1 aromatic heterocycles. The van der Waals surface area contributed by atoms with Crippen LogP contribution in [0.2, 0.25) is 0 Å². The molecule has 1 aliphatic carbocycles. The average Bonchev–Trinajstić information content (AvgIpc) is 3.20. The third-order valence-electron chi connectivity index (χ3n) is 5.29. The average molecular weight is 333 g/mol. The van der Waals surface area contributed by atoms with Gasteiger partial charge in [0.15, 0.2) is 5.82 Å². The minimum Gasteiger partial charge on any atom is -0.374 e.